The van der Waals surface area contributed by atoms with E-state index in [1.165, 1.54) is 6.07 Å². The van der Waals surface area contributed by atoms with Crippen LogP contribution in [0.1, 0.15) is 42.7 Å². The fraction of sp³-hybridized carbons (Fsp3) is 0.400. The number of hydrogen-bond acceptors (Lipinski definition) is 4. The lowest BCUT2D eigenvalue weighted by atomic mass is 9.80. The van der Waals surface area contributed by atoms with E-state index in [4.69, 9.17) is 4.74 Å². The van der Waals surface area contributed by atoms with Crippen LogP contribution in [0.2, 0.25) is 0 Å². The molecule has 1 saturated heterocycles. The molecule has 2 aliphatic heterocycles. The zero-order valence-corrected chi connectivity index (χ0v) is 15.1. The average molecular weight is 353 g/mol. The van der Waals surface area contributed by atoms with Crippen molar-refractivity contribution in [2.75, 3.05) is 12.0 Å². The molecule has 1 N–H and O–H groups in total. The molecule has 0 aliphatic carbocycles. The molecule has 3 heterocycles. The van der Waals surface area contributed by atoms with Gasteiger partial charge in [0.25, 0.3) is 5.91 Å². The number of rotatable bonds is 3. The number of aromatic nitrogens is 1. The smallest absolute Gasteiger partial charge is 0.278 e. The molecular formula is C20H23N3O3. The Morgan fingerprint density at radius 1 is 1.19 bits per heavy atom. The van der Waals surface area contributed by atoms with Crippen molar-refractivity contribution in [3.63, 3.8) is 0 Å². The third-order valence-electron chi connectivity index (χ3n) is 5.18. The lowest BCUT2D eigenvalue weighted by Gasteiger charge is -2.47. The molecule has 26 heavy (non-hydrogen) atoms. The Bertz CT molecular complexity index is 889. The van der Waals surface area contributed by atoms with Gasteiger partial charge in [-0.05, 0) is 23.8 Å². The Morgan fingerprint density at radius 2 is 1.96 bits per heavy atom. The minimum atomic E-state index is -0.280. The number of hydrogen-bond donors (Lipinski definition) is 1. The highest BCUT2D eigenvalue weighted by Gasteiger charge is 2.41. The Kier molecular flexibility index (Phi) is 3.98. The number of pyridine rings is 1. The van der Waals surface area contributed by atoms with Crippen molar-refractivity contribution in [1.82, 2.24) is 9.58 Å². The fourth-order valence-corrected chi connectivity index (χ4v) is 3.67. The van der Waals surface area contributed by atoms with Crippen LogP contribution in [-0.4, -0.2) is 28.2 Å². The van der Waals surface area contributed by atoms with Crippen LogP contribution in [0.15, 0.2) is 47.4 Å². The minimum absolute atomic E-state index is 0.0665. The van der Waals surface area contributed by atoms with Crippen LogP contribution >= 0.6 is 0 Å². The first-order valence-electron chi connectivity index (χ1n) is 8.94. The normalized spacial score (nSPS) is 20.8. The average Bonchev–Trinajstić information content (AvgIpc) is 2.61. The van der Waals surface area contributed by atoms with Gasteiger partial charge in [-0.1, -0.05) is 44.2 Å². The van der Waals surface area contributed by atoms with Crippen LogP contribution in [-0.2, 0) is 6.61 Å². The zero-order chi connectivity index (χ0) is 18.3. The highest BCUT2D eigenvalue weighted by atomic mass is 16.5. The molecule has 6 heteroatoms. The predicted molar refractivity (Wildman–Crippen MR) is 98.7 cm³/mol. The summed E-state index contributed by atoms with van der Waals surface area (Å²) in [7, 11) is 0. The quantitative estimate of drug-likeness (QED) is 0.921. The van der Waals surface area contributed by atoms with E-state index >= 15 is 0 Å². The number of piperidine rings is 1. The lowest BCUT2D eigenvalue weighted by Crippen LogP contribution is -2.58. The predicted octanol–water partition coefficient (Wildman–Crippen LogP) is 2.57. The topological polar surface area (TPSA) is 63.6 Å². The first kappa shape index (κ1) is 16.7. The largest absolute Gasteiger partial charge is 0.482 e. The van der Waals surface area contributed by atoms with Crippen molar-refractivity contribution in [2.24, 2.45) is 5.41 Å². The summed E-state index contributed by atoms with van der Waals surface area (Å²) in [6, 6.07) is 11.0. The number of ether oxygens (including phenoxy) is 1. The molecule has 0 radical (unpaired) electrons. The fourth-order valence-electron chi connectivity index (χ4n) is 3.67. The summed E-state index contributed by atoms with van der Waals surface area (Å²) in [5.41, 5.74) is 4.48. The first-order valence-corrected chi connectivity index (χ1v) is 8.94. The van der Waals surface area contributed by atoms with Crippen LogP contribution in [0.4, 0.5) is 0 Å². The number of fused-ring (bicyclic) bond motifs is 2. The van der Waals surface area contributed by atoms with Gasteiger partial charge in [-0.25, -0.2) is 0 Å². The van der Waals surface area contributed by atoms with Gasteiger partial charge in [0.2, 0.25) is 5.43 Å². The van der Waals surface area contributed by atoms with Gasteiger partial charge in [-0.15, -0.1) is 0 Å². The molecule has 2 aliphatic rings. The molecule has 4 rings (SSSR count). The second-order valence-corrected chi connectivity index (χ2v) is 7.76. The van der Waals surface area contributed by atoms with Crippen LogP contribution in [0.5, 0.6) is 5.75 Å². The molecule has 1 amide bonds. The van der Waals surface area contributed by atoms with Crippen molar-refractivity contribution in [1.29, 1.82) is 0 Å². The highest BCUT2D eigenvalue weighted by molar-refractivity contribution is 5.96. The zero-order valence-electron chi connectivity index (χ0n) is 15.1. The molecular weight excluding hydrogens is 330 g/mol. The number of carbonyl (C=O) groups excluding carboxylic acids is 1. The first-order chi connectivity index (χ1) is 12.4. The van der Waals surface area contributed by atoms with Gasteiger partial charge in [-0.2, -0.15) is 0 Å². The minimum Gasteiger partial charge on any atom is -0.482 e. The molecule has 2 aromatic rings. The van der Waals surface area contributed by atoms with Crippen LogP contribution in [0, 0.1) is 5.41 Å². The summed E-state index contributed by atoms with van der Waals surface area (Å²) >= 11 is 0. The van der Waals surface area contributed by atoms with Crippen molar-refractivity contribution in [2.45, 2.75) is 39.5 Å². The molecule has 0 saturated carbocycles. The van der Waals surface area contributed by atoms with Gasteiger partial charge in [0, 0.05) is 18.8 Å². The molecule has 1 aromatic heterocycles. The number of nitrogens with zero attached hydrogens (tertiary/aromatic N) is 2. The summed E-state index contributed by atoms with van der Waals surface area (Å²) in [6.07, 6.45) is 3.35. The van der Waals surface area contributed by atoms with E-state index in [-0.39, 0.29) is 41.0 Å². The Hall–Kier alpha value is -2.76. The Balaban J connectivity index is 1.66. The maximum Gasteiger partial charge on any atom is 0.278 e. The van der Waals surface area contributed by atoms with Crippen molar-refractivity contribution >= 4 is 5.91 Å². The summed E-state index contributed by atoms with van der Waals surface area (Å²) in [4.78, 5) is 27.3. The standard InChI is InChI=1S/C20H23N3O3/c1-20(2)9-11-22-16(12-20)21-23-10-8-15(24)18(17(23)19(22)25)26-13-14-6-4-3-5-7-14/h3-8,10,16,21H,9,11-13H2,1-2H3. The summed E-state index contributed by atoms with van der Waals surface area (Å²) in [5, 5.41) is 0. The van der Waals surface area contributed by atoms with Gasteiger partial charge in [-0.3, -0.25) is 14.3 Å². The van der Waals surface area contributed by atoms with Gasteiger partial charge in [0.15, 0.2) is 11.4 Å². The van der Waals surface area contributed by atoms with E-state index in [1.54, 1.807) is 10.9 Å². The van der Waals surface area contributed by atoms with E-state index in [0.717, 1.165) is 18.4 Å². The van der Waals surface area contributed by atoms with Crippen LogP contribution < -0.4 is 15.6 Å². The Morgan fingerprint density at radius 3 is 2.73 bits per heavy atom. The molecule has 1 fully saturated rings. The number of carbonyl (C=O) groups is 1. The third kappa shape index (κ3) is 2.96. The van der Waals surface area contributed by atoms with Gasteiger partial charge < -0.3 is 15.1 Å². The maximum atomic E-state index is 13.1. The van der Waals surface area contributed by atoms with Crippen molar-refractivity contribution in [3.05, 3.63) is 64.1 Å². The molecule has 136 valence electrons. The second-order valence-electron chi connectivity index (χ2n) is 7.76. The molecule has 1 atom stereocenters. The number of amides is 1. The molecule has 1 unspecified atom stereocenters. The van der Waals surface area contributed by atoms with E-state index in [0.29, 0.717) is 6.54 Å². The molecule has 1 aromatic carbocycles. The maximum absolute atomic E-state index is 13.1. The second kappa shape index (κ2) is 6.20. The molecule has 0 spiro atoms. The van der Waals surface area contributed by atoms with E-state index in [9.17, 15) is 9.59 Å². The summed E-state index contributed by atoms with van der Waals surface area (Å²) in [6.45, 7) is 5.35. The SMILES string of the molecule is CC1(C)CCN2C(=O)c3c(OCc4ccccc4)c(=O)ccn3NC2C1. The van der Waals surface area contributed by atoms with Gasteiger partial charge >= 0.3 is 0 Å². The van der Waals surface area contributed by atoms with E-state index in [2.05, 4.69) is 19.3 Å². The van der Waals surface area contributed by atoms with Crippen LogP contribution in [0.25, 0.3) is 0 Å². The Labute approximate surface area is 152 Å². The number of benzene rings is 1. The van der Waals surface area contributed by atoms with Gasteiger partial charge in [0.1, 0.15) is 12.8 Å². The summed E-state index contributed by atoms with van der Waals surface area (Å²) < 4.78 is 7.44. The third-order valence-corrected chi connectivity index (χ3v) is 5.18. The molecule has 0 bridgehead atoms. The van der Waals surface area contributed by atoms with E-state index < -0.39 is 0 Å². The number of nitrogens with one attached hydrogen (secondary N) is 1. The van der Waals surface area contributed by atoms with Gasteiger partial charge in [0.05, 0.1) is 0 Å². The lowest BCUT2D eigenvalue weighted by molar-refractivity contribution is 0.0393. The van der Waals surface area contributed by atoms with E-state index in [1.807, 2.05) is 35.2 Å². The van der Waals surface area contributed by atoms with Crippen LogP contribution in [0.3, 0.4) is 0 Å². The highest BCUT2D eigenvalue weighted by Crippen LogP contribution is 2.36. The van der Waals surface area contributed by atoms with Crippen molar-refractivity contribution in [3.8, 4) is 5.75 Å². The molecule has 6 nitrogen and oxygen atoms in total. The van der Waals surface area contributed by atoms with Crippen molar-refractivity contribution < 1.29 is 9.53 Å². The monoisotopic (exact) mass is 353 g/mol. The summed E-state index contributed by atoms with van der Waals surface area (Å²) in [5.74, 6) is -0.0397.